The van der Waals surface area contributed by atoms with E-state index in [0.717, 1.165) is 47.7 Å². The van der Waals surface area contributed by atoms with Gasteiger partial charge in [-0.3, -0.25) is 4.79 Å². The smallest absolute Gasteiger partial charge is 0.223 e. The molecule has 0 radical (unpaired) electrons. The first-order chi connectivity index (χ1) is 13.4. The molecule has 1 aliphatic rings. The number of aryl methyl sites for hydroxylation is 4. The maximum absolute atomic E-state index is 13.0. The largest absolute Gasteiger partial charge is 0.336 e. The van der Waals surface area contributed by atoms with Crippen molar-refractivity contribution < 1.29 is 4.79 Å². The Morgan fingerprint density at radius 1 is 1.14 bits per heavy atom. The molecule has 1 amide bonds. The first-order valence-corrected chi connectivity index (χ1v) is 10.1. The molecule has 5 heteroatoms. The van der Waals surface area contributed by atoms with Crippen molar-refractivity contribution >= 4 is 11.6 Å². The summed E-state index contributed by atoms with van der Waals surface area (Å²) in [6, 6.07) is 10.8. The molecule has 5 nitrogen and oxygen atoms in total. The Kier molecular flexibility index (Phi) is 4.92. The maximum Gasteiger partial charge on any atom is 0.223 e. The number of carbonyl (C=O) groups excluding carboxylic acids is 1. The minimum absolute atomic E-state index is 0.213. The van der Waals surface area contributed by atoms with E-state index in [4.69, 9.17) is 0 Å². The Morgan fingerprint density at radius 2 is 1.89 bits per heavy atom. The zero-order valence-electron chi connectivity index (χ0n) is 17.2. The molecule has 0 aliphatic carbocycles. The summed E-state index contributed by atoms with van der Waals surface area (Å²) in [5, 5.41) is 4.54. The van der Waals surface area contributed by atoms with E-state index in [1.165, 1.54) is 11.1 Å². The van der Waals surface area contributed by atoms with Gasteiger partial charge >= 0.3 is 0 Å². The predicted molar refractivity (Wildman–Crippen MR) is 110 cm³/mol. The highest BCUT2D eigenvalue weighted by molar-refractivity contribution is 5.77. The van der Waals surface area contributed by atoms with Gasteiger partial charge in [-0.1, -0.05) is 29.8 Å². The van der Waals surface area contributed by atoms with Crippen molar-refractivity contribution in [2.75, 3.05) is 6.54 Å². The summed E-state index contributed by atoms with van der Waals surface area (Å²) in [4.78, 5) is 19.8. The normalized spacial score (nSPS) is 16.9. The SMILES string of the molecule is Cc1ccc([C@H]2CCCN2C(=O)CCc2c(C)nc3cc(C)nn3c2C)cc1. The van der Waals surface area contributed by atoms with Crippen LogP contribution in [-0.2, 0) is 11.2 Å². The zero-order chi connectivity index (χ0) is 19.8. The molecule has 1 aromatic carbocycles. The fourth-order valence-electron chi connectivity index (χ4n) is 4.38. The number of hydrogen-bond acceptors (Lipinski definition) is 3. The lowest BCUT2D eigenvalue weighted by Gasteiger charge is -2.25. The molecule has 1 aliphatic heterocycles. The van der Waals surface area contributed by atoms with Crippen molar-refractivity contribution in [2.45, 2.75) is 59.4 Å². The van der Waals surface area contributed by atoms with E-state index in [2.05, 4.69) is 53.1 Å². The van der Waals surface area contributed by atoms with Crippen LogP contribution < -0.4 is 0 Å². The molecule has 2 aromatic heterocycles. The molecular formula is C23H28N4O. The van der Waals surface area contributed by atoms with E-state index in [1.54, 1.807) is 0 Å². The molecule has 0 unspecified atom stereocenters. The van der Waals surface area contributed by atoms with Crippen LogP contribution in [0.4, 0.5) is 0 Å². The Balaban J connectivity index is 1.51. The average Bonchev–Trinajstić information content (AvgIpc) is 3.28. The third kappa shape index (κ3) is 3.41. The van der Waals surface area contributed by atoms with Gasteiger partial charge < -0.3 is 4.90 Å². The molecule has 1 saturated heterocycles. The fourth-order valence-corrected chi connectivity index (χ4v) is 4.38. The highest BCUT2D eigenvalue weighted by Crippen LogP contribution is 2.32. The summed E-state index contributed by atoms with van der Waals surface area (Å²) in [6.45, 7) is 9.02. The number of carbonyl (C=O) groups is 1. The molecule has 1 fully saturated rings. The number of aromatic nitrogens is 3. The van der Waals surface area contributed by atoms with Crippen molar-refractivity contribution in [2.24, 2.45) is 0 Å². The van der Waals surface area contributed by atoms with Crippen molar-refractivity contribution in [3.63, 3.8) is 0 Å². The Bertz CT molecular complexity index is 1020. The van der Waals surface area contributed by atoms with Crippen LogP contribution in [0.15, 0.2) is 30.3 Å². The van der Waals surface area contributed by atoms with Gasteiger partial charge in [-0.25, -0.2) is 9.50 Å². The number of amides is 1. The van der Waals surface area contributed by atoms with Crippen molar-refractivity contribution in [1.82, 2.24) is 19.5 Å². The highest BCUT2D eigenvalue weighted by atomic mass is 16.2. The zero-order valence-corrected chi connectivity index (χ0v) is 17.2. The van der Waals surface area contributed by atoms with Crippen molar-refractivity contribution in [1.29, 1.82) is 0 Å². The molecule has 28 heavy (non-hydrogen) atoms. The topological polar surface area (TPSA) is 50.5 Å². The minimum atomic E-state index is 0.213. The minimum Gasteiger partial charge on any atom is -0.336 e. The summed E-state index contributed by atoms with van der Waals surface area (Å²) < 4.78 is 1.90. The lowest BCUT2D eigenvalue weighted by molar-refractivity contribution is -0.132. The molecule has 0 saturated carbocycles. The molecule has 3 aromatic rings. The number of rotatable bonds is 4. The van der Waals surface area contributed by atoms with Crippen LogP contribution in [-0.4, -0.2) is 31.9 Å². The van der Waals surface area contributed by atoms with E-state index in [0.29, 0.717) is 12.8 Å². The van der Waals surface area contributed by atoms with Gasteiger partial charge in [-0.15, -0.1) is 0 Å². The molecular weight excluding hydrogens is 348 g/mol. The van der Waals surface area contributed by atoms with Gasteiger partial charge in [0.2, 0.25) is 5.91 Å². The van der Waals surface area contributed by atoms with E-state index in [9.17, 15) is 4.79 Å². The first kappa shape index (κ1) is 18.7. The van der Waals surface area contributed by atoms with Gasteiger partial charge in [-0.05, 0) is 58.1 Å². The standard InChI is InChI=1S/C23H28N4O/c1-15-7-9-19(10-8-15)21-6-5-13-26(21)23(28)12-11-20-17(3)24-22-14-16(2)25-27(22)18(20)4/h7-10,14,21H,5-6,11-13H2,1-4H3/t21-/m1/s1. The second-order valence-corrected chi connectivity index (χ2v) is 7.97. The predicted octanol–water partition coefficient (Wildman–Crippen LogP) is 4.26. The highest BCUT2D eigenvalue weighted by Gasteiger charge is 2.29. The number of likely N-dealkylation sites (tertiary alicyclic amines) is 1. The Hall–Kier alpha value is -2.69. The molecule has 0 spiro atoms. The van der Waals surface area contributed by atoms with Crippen LogP contribution in [0, 0.1) is 27.7 Å². The van der Waals surface area contributed by atoms with E-state index >= 15 is 0 Å². The quantitative estimate of drug-likeness (QED) is 0.684. The summed E-state index contributed by atoms with van der Waals surface area (Å²) in [5.74, 6) is 0.235. The summed E-state index contributed by atoms with van der Waals surface area (Å²) in [6.07, 6.45) is 3.34. The lowest BCUT2D eigenvalue weighted by atomic mass is 10.0. The van der Waals surface area contributed by atoms with Crippen LogP contribution in [0.5, 0.6) is 0 Å². The summed E-state index contributed by atoms with van der Waals surface area (Å²) in [7, 11) is 0. The van der Waals surface area contributed by atoms with Crippen molar-refractivity contribution in [3.05, 3.63) is 64.1 Å². The fraction of sp³-hybridized carbons (Fsp3) is 0.435. The summed E-state index contributed by atoms with van der Waals surface area (Å²) >= 11 is 0. The van der Waals surface area contributed by atoms with Gasteiger partial charge in [0.15, 0.2) is 5.65 Å². The van der Waals surface area contributed by atoms with Gasteiger partial charge in [0.25, 0.3) is 0 Å². The Labute approximate surface area is 166 Å². The van der Waals surface area contributed by atoms with Gasteiger partial charge in [0.05, 0.1) is 11.7 Å². The maximum atomic E-state index is 13.0. The second-order valence-electron chi connectivity index (χ2n) is 7.97. The van der Waals surface area contributed by atoms with Gasteiger partial charge in [-0.2, -0.15) is 5.10 Å². The molecule has 3 heterocycles. The average molecular weight is 377 g/mol. The number of nitrogens with zero attached hydrogens (tertiary/aromatic N) is 4. The van der Waals surface area contributed by atoms with E-state index < -0.39 is 0 Å². The monoisotopic (exact) mass is 376 g/mol. The number of hydrogen-bond donors (Lipinski definition) is 0. The molecule has 4 rings (SSSR count). The van der Waals surface area contributed by atoms with Crippen molar-refractivity contribution in [3.8, 4) is 0 Å². The molecule has 0 bridgehead atoms. The van der Waals surface area contributed by atoms with Crippen LogP contribution in [0.2, 0.25) is 0 Å². The Morgan fingerprint density at radius 3 is 2.64 bits per heavy atom. The van der Waals surface area contributed by atoms with Crippen LogP contribution in [0.1, 0.15) is 59.1 Å². The first-order valence-electron chi connectivity index (χ1n) is 10.1. The second kappa shape index (κ2) is 7.38. The molecule has 1 atom stereocenters. The molecule has 146 valence electrons. The molecule has 0 N–H and O–H groups in total. The lowest BCUT2D eigenvalue weighted by Crippen LogP contribution is -2.30. The summed E-state index contributed by atoms with van der Waals surface area (Å²) in [5.41, 5.74) is 7.55. The van der Waals surface area contributed by atoms with Crippen LogP contribution in [0.3, 0.4) is 0 Å². The van der Waals surface area contributed by atoms with Crippen LogP contribution >= 0.6 is 0 Å². The van der Waals surface area contributed by atoms with Gasteiger partial charge in [0.1, 0.15) is 0 Å². The number of benzene rings is 1. The third-order valence-corrected chi connectivity index (χ3v) is 5.91. The third-order valence-electron chi connectivity index (χ3n) is 5.91. The van der Waals surface area contributed by atoms with E-state index in [-0.39, 0.29) is 11.9 Å². The van der Waals surface area contributed by atoms with E-state index in [1.807, 2.05) is 24.4 Å². The van der Waals surface area contributed by atoms with Gasteiger partial charge in [0, 0.05) is 30.4 Å². The number of fused-ring (bicyclic) bond motifs is 1. The van der Waals surface area contributed by atoms with Crippen LogP contribution in [0.25, 0.3) is 5.65 Å².